The maximum Gasteiger partial charge on any atom is 0.136 e. The van der Waals surface area contributed by atoms with E-state index in [-0.39, 0.29) is 5.41 Å². The highest BCUT2D eigenvalue weighted by atomic mass is 16.3. The molecule has 13 rings (SSSR count). The molecule has 0 fully saturated rings. The van der Waals surface area contributed by atoms with E-state index in [4.69, 9.17) is 4.42 Å². The summed E-state index contributed by atoms with van der Waals surface area (Å²) >= 11 is 0. The Morgan fingerprint density at radius 2 is 0.900 bits per heavy atom. The Bertz CT molecular complexity index is 3370. The molecular formula is C58H39NO. The van der Waals surface area contributed by atoms with E-state index in [9.17, 15) is 0 Å². The van der Waals surface area contributed by atoms with Crippen molar-refractivity contribution in [2.75, 3.05) is 4.90 Å². The van der Waals surface area contributed by atoms with E-state index in [0.717, 1.165) is 38.9 Å². The molecule has 0 unspecified atom stereocenters. The average Bonchev–Trinajstić information content (AvgIpc) is 3.99. The standard InChI is InChI=1S/C58H39NO/c1-57(2)46-21-8-3-15-40(46)43-34-33-38(35-51(43)57)59(37-31-29-36(30-32-37)39-20-13-28-54-55(39)45-19-7-12-27-53(45)60-54)52-26-14-25-50-56(52)44-18-6-11-24-49(44)58(50)47-22-9-4-16-41(47)42-17-5-10-23-48(42)58/h3-35H,1-2H3. The van der Waals surface area contributed by atoms with E-state index >= 15 is 0 Å². The van der Waals surface area contributed by atoms with Gasteiger partial charge in [-0.05, 0) is 115 Å². The van der Waals surface area contributed by atoms with Crippen LogP contribution in [0.5, 0.6) is 0 Å². The van der Waals surface area contributed by atoms with Gasteiger partial charge in [-0.3, -0.25) is 0 Å². The molecule has 282 valence electrons. The first-order valence-electron chi connectivity index (χ1n) is 21.0. The molecule has 0 saturated carbocycles. The van der Waals surface area contributed by atoms with E-state index in [0.29, 0.717) is 0 Å². The smallest absolute Gasteiger partial charge is 0.136 e. The summed E-state index contributed by atoms with van der Waals surface area (Å²) in [5.74, 6) is 0. The van der Waals surface area contributed by atoms with E-state index in [1.54, 1.807) is 0 Å². The molecule has 0 N–H and O–H groups in total. The van der Waals surface area contributed by atoms with E-state index in [1.807, 2.05) is 6.07 Å². The van der Waals surface area contributed by atoms with Gasteiger partial charge in [0.2, 0.25) is 0 Å². The highest BCUT2D eigenvalue weighted by Gasteiger charge is 2.52. The zero-order valence-electron chi connectivity index (χ0n) is 33.4. The largest absolute Gasteiger partial charge is 0.456 e. The SMILES string of the molecule is CC1(C)c2ccccc2-c2ccc(N(c3ccc(-c4cccc5oc6ccccc6c45)cc3)c3cccc4c3-c3ccccc3C43c4ccccc4-c4ccccc43)cc21. The monoisotopic (exact) mass is 765 g/mol. The molecular weight excluding hydrogens is 727 g/mol. The van der Waals surface area contributed by atoms with Crippen LogP contribution in [-0.4, -0.2) is 0 Å². The Hall–Kier alpha value is -7.42. The van der Waals surface area contributed by atoms with Gasteiger partial charge in [-0.1, -0.05) is 172 Å². The fourth-order valence-corrected chi connectivity index (χ4v) is 11.4. The maximum atomic E-state index is 6.32. The number of benzene rings is 9. The minimum Gasteiger partial charge on any atom is -0.456 e. The van der Waals surface area contributed by atoms with Crippen molar-refractivity contribution >= 4 is 39.0 Å². The van der Waals surface area contributed by atoms with E-state index in [1.165, 1.54) is 78.0 Å². The number of furan rings is 1. The third-order valence-electron chi connectivity index (χ3n) is 13.9. The number of hydrogen-bond acceptors (Lipinski definition) is 2. The lowest BCUT2D eigenvalue weighted by molar-refractivity contribution is 0.660. The van der Waals surface area contributed by atoms with Gasteiger partial charge >= 0.3 is 0 Å². The highest BCUT2D eigenvalue weighted by Crippen LogP contribution is 2.65. The van der Waals surface area contributed by atoms with Gasteiger partial charge in [0.05, 0.1) is 11.1 Å². The van der Waals surface area contributed by atoms with Crippen LogP contribution in [0.15, 0.2) is 205 Å². The first kappa shape index (κ1) is 33.5. The normalized spacial score (nSPS) is 14.4. The second-order valence-corrected chi connectivity index (χ2v) is 17.1. The van der Waals surface area contributed by atoms with Crippen molar-refractivity contribution in [2.45, 2.75) is 24.7 Å². The number of hydrogen-bond donors (Lipinski definition) is 0. The molecule has 0 aliphatic heterocycles. The molecule has 0 saturated heterocycles. The molecule has 3 aliphatic carbocycles. The van der Waals surface area contributed by atoms with Crippen LogP contribution in [-0.2, 0) is 10.8 Å². The lowest BCUT2D eigenvalue weighted by Gasteiger charge is -2.32. The minimum absolute atomic E-state index is 0.143. The van der Waals surface area contributed by atoms with Crippen LogP contribution in [0.2, 0.25) is 0 Å². The predicted molar refractivity (Wildman–Crippen MR) is 248 cm³/mol. The van der Waals surface area contributed by atoms with Crippen molar-refractivity contribution in [3.8, 4) is 44.5 Å². The fraction of sp³-hybridized carbons (Fsp3) is 0.0690. The Balaban J connectivity index is 1.06. The highest BCUT2D eigenvalue weighted by molar-refractivity contribution is 6.12. The van der Waals surface area contributed by atoms with Gasteiger partial charge in [0.15, 0.2) is 0 Å². The van der Waals surface area contributed by atoms with Crippen molar-refractivity contribution in [3.05, 3.63) is 234 Å². The molecule has 10 aromatic rings. The average molecular weight is 766 g/mol. The Labute approximate surface area is 349 Å². The van der Waals surface area contributed by atoms with Crippen molar-refractivity contribution in [1.82, 2.24) is 0 Å². The summed E-state index contributed by atoms with van der Waals surface area (Å²) in [5.41, 5.74) is 22.9. The van der Waals surface area contributed by atoms with E-state index < -0.39 is 5.41 Å². The van der Waals surface area contributed by atoms with Crippen molar-refractivity contribution in [3.63, 3.8) is 0 Å². The summed E-state index contributed by atoms with van der Waals surface area (Å²) in [7, 11) is 0. The Morgan fingerprint density at radius 1 is 0.383 bits per heavy atom. The molecule has 9 aromatic carbocycles. The van der Waals surface area contributed by atoms with Crippen LogP contribution in [0.1, 0.15) is 47.2 Å². The molecule has 0 atom stereocenters. The minimum atomic E-state index is -0.432. The van der Waals surface area contributed by atoms with Gasteiger partial charge in [-0.15, -0.1) is 0 Å². The maximum absolute atomic E-state index is 6.32. The second kappa shape index (κ2) is 12.1. The van der Waals surface area contributed by atoms with Crippen LogP contribution < -0.4 is 4.90 Å². The summed E-state index contributed by atoms with van der Waals surface area (Å²) in [6.45, 7) is 4.74. The molecule has 3 aliphatic rings. The molecule has 2 heteroatoms. The lowest BCUT2D eigenvalue weighted by atomic mass is 9.70. The van der Waals surface area contributed by atoms with Gasteiger partial charge in [-0.2, -0.15) is 0 Å². The van der Waals surface area contributed by atoms with Crippen molar-refractivity contribution in [1.29, 1.82) is 0 Å². The summed E-state index contributed by atoms with van der Waals surface area (Å²) < 4.78 is 6.32. The van der Waals surface area contributed by atoms with Gasteiger partial charge in [0.1, 0.15) is 11.2 Å². The van der Waals surface area contributed by atoms with Crippen LogP contribution >= 0.6 is 0 Å². The first-order valence-corrected chi connectivity index (χ1v) is 21.0. The molecule has 60 heavy (non-hydrogen) atoms. The third kappa shape index (κ3) is 4.27. The molecule has 0 bridgehead atoms. The second-order valence-electron chi connectivity index (χ2n) is 17.1. The predicted octanol–water partition coefficient (Wildman–Crippen LogP) is 15.4. The van der Waals surface area contributed by atoms with Crippen LogP contribution in [0.25, 0.3) is 66.4 Å². The molecule has 0 radical (unpaired) electrons. The van der Waals surface area contributed by atoms with Gasteiger partial charge in [0.25, 0.3) is 0 Å². The summed E-state index contributed by atoms with van der Waals surface area (Å²) in [4.78, 5) is 2.51. The number of anilines is 3. The summed E-state index contributed by atoms with van der Waals surface area (Å²) in [5, 5.41) is 2.29. The molecule has 1 aromatic heterocycles. The van der Waals surface area contributed by atoms with Gasteiger partial charge < -0.3 is 9.32 Å². The molecule has 0 amide bonds. The summed E-state index contributed by atoms with van der Waals surface area (Å²) in [6.07, 6.45) is 0. The van der Waals surface area contributed by atoms with E-state index in [2.05, 4.69) is 213 Å². The van der Waals surface area contributed by atoms with Crippen LogP contribution in [0.4, 0.5) is 17.1 Å². The molecule has 1 heterocycles. The Morgan fingerprint density at radius 3 is 1.63 bits per heavy atom. The summed E-state index contributed by atoms with van der Waals surface area (Å²) in [6, 6.07) is 74.2. The van der Waals surface area contributed by atoms with Crippen molar-refractivity contribution < 1.29 is 4.42 Å². The van der Waals surface area contributed by atoms with Gasteiger partial charge in [0, 0.05) is 33.1 Å². The number of rotatable bonds is 4. The fourth-order valence-electron chi connectivity index (χ4n) is 11.4. The number of para-hydroxylation sites is 1. The van der Waals surface area contributed by atoms with Crippen molar-refractivity contribution in [2.24, 2.45) is 0 Å². The lowest BCUT2D eigenvalue weighted by Crippen LogP contribution is -2.26. The molecule has 2 nitrogen and oxygen atoms in total. The molecule has 1 spiro atoms. The van der Waals surface area contributed by atoms with Gasteiger partial charge in [-0.25, -0.2) is 0 Å². The van der Waals surface area contributed by atoms with Crippen LogP contribution in [0, 0.1) is 0 Å². The number of fused-ring (bicyclic) bond motifs is 16. The number of nitrogens with zero attached hydrogens (tertiary/aromatic N) is 1. The Kier molecular flexibility index (Phi) is 6.74. The third-order valence-corrected chi connectivity index (χ3v) is 13.9. The zero-order valence-corrected chi connectivity index (χ0v) is 33.4. The first-order chi connectivity index (χ1) is 29.5. The topological polar surface area (TPSA) is 16.4 Å². The van der Waals surface area contributed by atoms with Crippen LogP contribution in [0.3, 0.4) is 0 Å². The zero-order chi connectivity index (χ0) is 39.7. The quantitative estimate of drug-likeness (QED) is 0.177.